The predicted octanol–water partition coefficient (Wildman–Crippen LogP) is 2.12. The lowest BCUT2D eigenvalue weighted by Gasteiger charge is -2.24. The predicted molar refractivity (Wildman–Crippen MR) is 110 cm³/mol. The summed E-state index contributed by atoms with van der Waals surface area (Å²) in [6, 6.07) is 8.90. The Bertz CT molecular complexity index is 636. The maximum absolute atomic E-state index is 11.6. The summed E-state index contributed by atoms with van der Waals surface area (Å²) >= 11 is 0. The zero-order valence-corrected chi connectivity index (χ0v) is 16.6. The van der Waals surface area contributed by atoms with E-state index >= 15 is 0 Å². The molecule has 1 heterocycles. The number of aliphatic imine (C=N–C) groups is 1. The van der Waals surface area contributed by atoms with Gasteiger partial charge in [-0.3, -0.25) is 9.69 Å². The van der Waals surface area contributed by atoms with Crippen molar-refractivity contribution in [1.82, 2.24) is 20.9 Å². The van der Waals surface area contributed by atoms with Gasteiger partial charge >= 0.3 is 0 Å². The van der Waals surface area contributed by atoms with Gasteiger partial charge < -0.3 is 16.0 Å². The molecule has 1 aromatic rings. The van der Waals surface area contributed by atoms with Crippen LogP contribution in [-0.4, -0.2) is 55.5 Å². The zero-order valence-electron chi connectivity index (χ0n) is 16.6. The van der Waals surface area contributed by atoms with Gasteiger partial charge in [-0.25, -0.2) is 4.99 Å². The number of nitrogens with zero attached hydrogens (tertiary/aromatic N) is 2. The van der Waals surface area contributed by atoms with Crippen LogP contribution in [0.1, 0.15) is 54.9 Å². The number of likely N-dealkylation sites (tertiary alicyclic amines) is 1. The van der Waals surface area contributed by atoms with Gasteiger partial charge in [-0.05, 0) is 43.9 Å². The molecule has 1 saturated carbocycles. The number of rotatable bonds is 6. The average molecular weight is 372 g/mol. The molecule has 2 aliphatic rings. The second kappa shape index (κ2) is 9.74. The molecule has 1 aliphatic heterocycles. The molecule has 3 rings (SSSR count). The Labute approximate surface area is 162 Å². The van der Waals surface area contributed by atoms with Gasteiger partial charge in [0.1, 0.15) is 0 Å². The number of carbonyl (C=O) groups is 1. The van der Waals surface area contributed by atoms with Gasteiger partial charge in [-0.15, -0.1) is 0 Å². The quantitative estimate of drug-likeness (QED) is 0.529. The fourth-order valence-corrected chi connectivity index (χ4v) is 4.10. The molecule has 1 saturated heterocycles. The van der Waals surface area contributed by atoms with E-state index < -0.39 is 0 Å². The summed E-state index contributed by atoms with van der Waals surface area (Å²) in [6.07, 6.45) is 6.70. The second-order valence-electron chi connectivity index (χ2n) is 7.53. The van der Waals surface area contributed by atoms with E-state index in [1.165, 1.54) is 38.6 Å². The Hall–Kier alpha value is -2.08. The monoisotopic (exact) mass is 371 g/mol. The van der Waals surface area contributed by atoms with Gasteiger partial charge in [0.05, 0.1) is 6.54 Å². The summed E-state index contributed by atoms with van der Waals surface area (Å²) < 4.78 is 0. The second-order valence-corrected chi connectivity index (χ2v) is 7.53. The highest BCUT2D eigenvalue weighted by molar-refractivity contribution is 5.93. The molecular formula is C21H33N5O. The number of guanidine groups is 1. The Kier molecular flexibility index (Phi) is 7.10. The summed E-state index contributed by atoms with van der Waals surface area (Å²) in [5.41, 5.74) is 1.77. The summed E-state index contributed by atoms with van der Waals surface area (Å²) in [4.78, 5) is 19.0. The lowest BCUT2D eigenvalue weighted by Crippen LogP contribution is -2.45. The maximum Gasteiger partial charge on any atom is 0.251 e. The molecule has 0 aromatic heterocycles. The third kappa shape index (κ3) is 5.45. The molecule has 6 nitrogen and oxygen atoms in total. The molecule has 0 spiro atoms. The molecular weight excluding hydrogens is 338 g/mol. The van der Waals surface area contributed by atoms with Crippen LogP contribution in [0.4, 0.5) is 0 Å². The Balaban J connectivity index is 1.54. The van der Waals surface area contributed by atoms with E-state index in [1.807, 2.05) is 24.3 Å². The standard InChI is InChI=1S/C21H33N5O/c1-3-23-21(24-14-16-8-10-17(11-9-16)20(27)22-2)25-18-12-13-26(15-18)19-6-4-5-7-19/h8-11,18-19H,3-7,12-15H2,1-2H3,(H,22,27)(H2,23,24,25). The van der Waals surface area contributed by atoms with Gasteiger partial charge in [0.2, 0.25) is 0 Å². The highest BCUT2D eigenvalue weighted by Gasteiger charge is 2.30. The summed E-state index contributed by atoms with van der Waals surface area (Å²) in [5.74, 6) is 0.819. The number of hydrogen-bond acceptors (Lipinski definition) is 3. The molecule has 1 atom stereocenters. The highest BCUT2D eigenvalue weighted by Crippen LogP contribution is 2.26. The fraction of sp³-hybridized carbons (Fsp3) is 0.619. The van der Waals surface area contributed by atoms with Crippen LogP contribution in [0, 0.1) is 0 Å². The highest BCUT2D eigenvalue weighted by atomic mass is 16.1. The van der Waals surface area contributed by atoms with E-state index in [-0.39, 0.29) is 5.91 Å². The van der Waals surface area contributed by atoms with E-state index in [9.17, 15) is 4.79 Å². The zero-order chi connectivity index (χ0) is 19.1. The third-order valence-corrected chi connectivity index (χ3v) is 5.61. The van der Waals surface area contributed by atoms with Crippen LogP contribution in [0.5, 0.6) is 0 Å². The van der Waals surface area contributed by atoms with Crippen molar-refractivity contribution in [1.29, 1.82) is 0 Å². The van der Waals surface area contributed by atoms with Crippen LogP contribution in [-0.2, 0) is 6.54 Å². The molecule has 148 valence electrons. The van der Waals surface area contributed by atoms with Crippen LogP contribution < -0.4 is 16.0 Å². The van der Waals surface area contributed by atoms with Gasteiger partial charge in [-0.1, -0.05) is 25.0 Å². The molecule has 27 heavy (non-hydrogen) atoms. The van der Waals surface area contributed by atoms with Crippen molar-refractivity contribution in [3.05, 3.63) is 35.4 Å². The fourth-order valence-electron chi connectivity index (χ4n) is 4.10. The van der Waals surface area contributed by atoms with Gasteiger partial charge in [-0.2, -0.15) is 0 Å². The Morgan fingerprint density at radius 3 is 2.59 bits per heavy atom. The minimum absolute atomic E-state index is 0.0619. The van der Waals surface area contributed by atoms with Crippen molar-refractivity contribution < 1.29 is 4.79 Å². The Morgan fingerprint density at radius 2 is 1.93 bits per heavy atom. The molecule has 6 heteroatoms. The van der Waals surface area contributed by atoms with Crippen LogP contribution in [0.15, 0.2) is 29.3 Å². The number of carbonyl (C=O) groups excluding carboxylic acids is 1. The molecule has 1 aliphatic carbocycles. The molecule has 1 unspecified atom stereocenters. The lowest BCUT2D eigenvalue weighted by molar-refractivity contribution is 0.0963. The minimum atomic E-state index is -0.0619. The van der Waals surface area contributed by atoms with Crippen molar-refractivity contribution in [3.63, 3.8) is 0 Å². The van der Waals surface area contributed by atoms with Gasteiger partial charge in [0.25, 0.3) is 5.91 Å². The van der Waals surface area contributed by atoms with Crippen LogP contribution in [0.3, 0.4) is 0 Å². The first-order chi connectivity index (χ1) is 13.2. The number of nitrogens with one attached hydrogen (secondary N) is 3. The molecule has 1 amide bonds. The van der Waals surface area contributed by atoms with Crippen molar-refractivity contribution in [2.45, 2.75) is 57.7 Å². The Morgan fingerprint density at radius 1 is 1.19 bits per heavy atom. The smallest absolute Gasteiger partial charge is 0.251 e. The van der Waals surface area contributed by atoms with E-state index in [1.54, 1.807) is 7.05 Å². The van der Waals surface area contributed by atoms with Crippen molar-refractivity contribution in [2.24, 2.45) is 4.99 Å². The first-order valence-corrected chi connectivity index (χ1v) is 10.3. The minimum Gasteiger partial charge on any atom is -0.357 e. The van der Waals surface area contributed by atoms with Gasteiger partial charge in [0, 0.05) is 44.3 Å². The van der Waals surface area contributed by atoms with Crippen LogP contribution >= 0.6 is 0 Å². The first kappa shape index (κ1) is 19.7. The molecule has 0 bridgehead atoms. The largest absolute Gasteiger partial charge is 0.357 e. The summed E-state index contributed by atoms with van der Waals surface area (Å²) in [7, 11) is 1.64. The third-order valence-electron chi connectivity index (χ3n) is 5.61. The van der Waals surface area contributed by atoms with E-state index in [4.69, 9.17) is 4.99 Å². The van der Waals surface area contributed by atoms with Gasteiger partial charge in [0.15, 0.2) is 5.96 Å². The summed E-state index contributed by atoms with van der Waals surface area (Å²) in [5, 5.41) is 9.61. The topological polar surface area (TPSA) is 68.8 Å². The average Bonchev–Trinajstić information content (AvgIpc) is 3.38. The lowest BCUT2D eigenvalue weighted by atomic mass is 10.1. The van der Waals surface area contributed by atoms with Crippen molar-refractivity contribution >= 4 is 11.9 Å². The molecule has 0 radical (unpaired) electrons. The molecule has 1 aromatic carbocycles. The number of amides is 1. The maximum atomic E-state index is 11.6. The van der Waals surface area contributed by atoms with Crippen molar-refractivity contribution in [2.75, 3.05) is 26.7 Å². The van der Waals surface area contributed by atoms with E-state index in [2.05, 4.69) is 27.8 Å². The van der Waals surface area contributed by atoms with Crippen molar-refractivity contribution in [3.8, 4) is 0 Å². The molecule has 3 N–H and O–H groups in total. The first-order valence-electron chi connectivity index (χ1n) is 10.3. The SMILES string of the molecule is CCNC(=NCc1ccc(C(=O)NC)cc1)NC1CCN(C2CCCC2)C1. The number of benzene rings is 1. The van der Waals surface area contributed by atoms with Crippen LogP contribution in [0.25, 0.3) is 0 Å². The van der Waals surface area contributed by atoms with E-state index in [0.717, 1.165) is 30.7 Å². The van der Waals surface area contributed by atoms with E-state index in [0.29, 0.717) is 18.2 Å². The molecule has 2 fully saturated rings. The van der Waals surface area contributed by atoms with Crippen LogP contribution in [0.2, 0.25) is 0 Å². The number of hydrogen-bond donors (Lipinski definition) is 3. The normalized spacial score (nSPS) is 21.4. The summed E-state index contributed by atoms with van der Waals surface area (Å²) in [6.45, 7) is 5.86.